The zero-order chi connectivity index (χ0) is 19.0. The highest BCUT2D eigenvalue weighted by Gasteiger charge is 2.45. The zero-order valence-corrected chi connectivity index (χ0v) is 14.5. The van der Waals surface area contributed by atoms with Crippen molar-refractivity contribution in [2.24, 2.45) is 0 Å². The number of hydrogen-bond donors (Lipinski definition) is 2. The lowest BCUT2D eigenvalue weighted by Crippen LogP contribution is -2.37. The van der Waals surface area contributed by atoms with Crippen LogP contribution in [0.15, 0.2) is 58.4 Å². The average molecular weight is 369 g/mol. The molecule has 1 aromatic heterocycles. The molecule has 3 heterocycles. The summed E-state index contributed by atoms with van der Waals surface area (Å²) < 4.78 is 10.8. The highest BCUT2D eigenvalue weighted by atomic mass is 16.5. The zero-order valence-electron chi connectivity index (χ0n) is 14.5. The number of ketones is 1. The van der Waals surface area contributed by atoms with Crippen molar-refractivity contribution < 1.29 is 29.0 Å². The summed E-state index contributed by atoms with van der Waals surface area (Å²) in [6, 6.07) is 8.50. The number of phenolic OH excluding ortho intramolecular Hbond substituents is 1. The van der Waals surface area contributed by atoms with Crippen molar-refractivity contribution in [2.45, 2.75) is 25.0 Å². The quantitative estimate of drug-likeness (QED) is 0.786. The molecule has 1 fully saturated rings. The Morgan fingerprint density at radius 3 is 2.59 bits per heavy atom. The number of rotatable bonds is 5. The molecule has 1 amide bonds. The minimum Gasteiger partial charge on any atom is -0.508 e. The van der Waals surface area contributed by atoms with Gasteiger partial charge in [-0.15, -0.1) is 0 Å². The van der Waals surface area contributed by atoms with Gasteiger partial charge in [-0.25, -0.2) is 0 Å². The number of furan rings is 1. The van der Waals surface area contributed by atoms with Gasteiger partial charge in [0, 0.05) is 13.2 Å². The molecule has 0 bridgehead atoms. The first-order valence-electron chi connectivity index (χ1n) is 8.79. The van der Waals surface area contributed by atoms with Gasteiger partial charge in [-0.3, -0.25) is 9.59 Å². The summed E-state index contributed by atoms with van der Waals surface area (Å²) in [6.07, 6.45) is 2.95. The van der Waals surface area contributed by atoms with Crippen molar-refractivity contribution in [1.29, 1.82) is 0 Å². The normalized spacial score (nSPS) is 22.7. The van der Waals surface area contributed by atoms with Gasteiger partial charge in [0.1, 0.15) is 5.75 Å². The van der Waals surface area contributed by atoms with Crippen LogP contribution in [0.25, 0.3) is 0 Å². The Kier molecular flexibility index (Phi) is 4.45. The maximum atomic E-state index is 12.9. The van der Waals surface area contributed by atoms with Crippen molar-refractivity contribution in [3.63, 3.8) is 0 Å². The molecule has 2 aliphatic rings. The minimum atomic E-state index is -0.778. The maximum Gasteiger partial charge on any atom is 0.290 e. The number of hydrogen-bond acceptors (Lipinski definition) is 6. The fourth-order valence-electron chi connectivity index (χ4n) is 3.63. The molecule has 1 saturated heterocycles. The number of aliphatic hydroxyl groups is 1. The molecular formula is C20H19NO6. The van der Waals surface area contributed by atoms with Gasteiger partial charge in [-0.05, 0) is 42.7 Å². The van der Waals surface area contributed by atoms with Gasteiger partial charge in [0.05, 0.1) is 24.0 Å². The summed E-state index contributed by atoms with van der Waals surface area (Å²) in [6.45, 7) is 0.900. The SMILES string of the molecule is O=C(C1=C(O)C(=O)N(C[C@@H]2CCCO2)[C@H]1c1ccc(O)cc1)c1ccco1. The third-order valence-electron chi connectivity index (χ3n) is 4.93. The molecular weight excluding hydrogens is 350 g/mol. The van der Waals surface area contributed by atoms with E-state index in [4.69, 9.17) is 9.15 Å². The van der Waals surface area contributed by atoms with Crippen LogP contribution < -0.4 is 0 Å². The summed E-state index contributed by atoms with van der Waals surface area (Å²) in [5.41, 5.74) is 0.580. The molecule has 2 aliphatic heterocycles. The first-order chi connectivity index (χ1) is 13.1. The van der Waals surface area contributed by atoms with Crippen LogP contribution in [0.1, 0.15) is 35.0 Å². The summed E-state index contributed by atoms with van der Waals surface area (Å²) in [7, 11) is 0. The van der Waals surface area contributed by atoms with Gasteiger partial charge in [0.15, 0.2) is 11.5 Å². The van der Waals surface area contributed by atoms with E-state index in [0.29, 0.717) is 12.2 Å². The number of benzene rings is 1. The number of ether oxygens (including phenoxy) is 1. The monoisotopic (exact) mass is 369 g/mol. The summed E-state index contributed by atoms with van der Waals surface area (Å²) in [4.78, 5) is 27.1. The number of amides is 1. The van der Waals surface area contributed by atoms with Gasteiger partial charge in [-0.2, -0.15) is 0 Å². The van der Waals surface area contributed by atoms with E-state index < -0.39 is 23.5 Å². The second-order valence-electron chi connectivity index (χ2n) is 6.66. The molecule has 2 N–H and O–H groups in total. The van der Waals surface area contributed by atoms with E-state index in [1.54, 1.807) is 18.2 Å². The van der Waals surface area contributed by atoms with Crippen LogP contribution in [0.4, 0.5) is 0 Å². The van der Waals surface area contributed by atoms with Crippen molar-refractivity contribution in [3.8, 4) is 5.75 Å². The molecule has 0 saturated carbocycles. The fourth-order valence-corrected chi connectivity index (χ4v) is 3.63. The second kappa shape index (κ2) is 6.92. The third-order valence-corrected chi connectivity index (χ3v) is 4.93. The predicted octanol–water partition coefficient (Wildman–Crippen LogP) is 2.74. The van der Waals surface area contributed by atoms with E-state index in [9.17, 15) is 19.8 Å². The van der Waals surface area contributed by atoms with Gasteiger partial charge in [-0.1, -0.05) is 12.1 Å². The first kappa shape index (κ1) is 17.4. The number of aromatic hydroxyl groups is 1. The van der Waals surface area contributed by atoms with Gasteiger partial charge in [0.2, 0.25) is 5.78 Å². The molecule has 0 aliphatic carbocycles. The standard InChI is InChI=1S/C20H19NO6/c22-13-7-5-12(6-8-13)17-16(18(23)15-4-2-10-27-15)19(24)20(25)21(17)11-14-3-1-9-26-14/h2,4-8,10,14,17,22,24H,1,3,9,11H2/t14-,17-/m0/s1. The van der Waals surface area contributed by atoms with E-state index in [-0.39, 0.29) is 29.7 Å². The molecule has 7 nitrogen and oxygen atoms in total. The smallest absolute Gasteiger partial charge is 0.290 e. The predicted molar refractivity (Wildman–Crippen MR) is 94.2 cm³/mol. The van der Waals surface area contributed by atoms with Gasteiger partial charge < -0.3 is 24.3 Å². The molecule has 7 heteroatoms. The first-order valence-corrected chi connectivity index (χ1v) is 8.79. The van der Waals surface area contributed by atoms with E-state index in [2.05, 4.69) is 0 Å². The van der Waals surface area contributed by atoms with Crippen molar-refractivity contribution in [1.82, 2.24) is 4.90 Å². The Morgan fingerprint density at radius 1 is 1.19 bits per heavy atom. The van der Waals surface area contributed by atoms with E-state index >= 15 is 0 Å². The fraction of sp³-hybridized carbons (Fsp3) is 0.300. The van der Waals surface area contributed by atoms with E-state index in [1.807, 2.05) is 0 Å². The Hall–Kier alpha value is -3.06. The van der Waals surface area contributed by atoms with Crippen molar-refractivity contribution in [2.75, 3.05) is 13.2 Å². The second-order valence-corrected chi connectivity index (χ2v) is 6.66. The van der Waals surface area contributed by atoms with Crippen LogP contribution in [0, 0.1) is 0 Å². The Morgan fingerprint density at radius 2 is 1.96 bits per heavy atom. The molecule has 0 unspecified atom stereocenters. The molecule has 4 rings (SSSR count). The number of carbonyl (C=O) groups excluding carboxylic acids is 2. The lowest BCUT2D eigenvalue weighted by atomic mass is 9.95. The van der Waals surface area contributed by atoms with Gasteiger partial charge >= 0.3 is 0 Å². The van der Waals surface area contributed by atoms with Gasteiger partial charge in [0.25, 0.3) is 5.91 Å². The topological polar surface area (TPSA) is 100 Å². The van der Waals surface area contributed by atoms with Crippen LogP contribution in [0.5, 0.6) is 5.75 Å². The average Bonchev–Trinajstić information content (AvgIpc) is 3.41. The number of carbonyl (C=O) groups is 2. The van der Waals surface area contributed by atoms with Crippen LogP contribution in [0.2, 0.25) is 0 Å². The van der Waals surface area contributed by atoms with Crippen LogP contribution in [-0.4, -0.2) is 46.1 Å². The number of aliphatic hydroxyl groups excluding tert-OH is 1. The summed E-state index contributed by atoms with van der Waals surface area (Å²) in [5.74, 6) is -1.61. The maximum absolute atomic E-state index is 12.9. The highest BCUT2D eigenvalue weighted by molar-refractivity contribution is 6.15. The summed E-state index contributed by atoms with van der Waals surface area (Å²) in [5, 5.41) is 20.1. The molecule has 140 valence electrons. The van der Waals surface area contributed by atoms with Crippen LogP contribution in [-0.2, 0) is 9.53 Å². The van der Waals surface area contributed by atoms with Crippen LogP contribution >= 0.6 is 0 Å². The minimum absolute atomic E-state index is 0.0290. The molecule has 2 atom stereocenters. The molecule has 0 radical (unpaired) electrons. The van der Waals surface area contributed by atoms with Crippen molar-refractivity contribution in [3.05, 3.63) is 65.3 Å². The number of nitrogens with zero attached hydrogens (tertiary/aromatic N) is 1. The highest BCUT2D eigenvalue weighted by Crippen LogP contribution is 2.40. The number of phenols is 1. The largest absolute Gasteiger partial charge is 0.508 e. The Bertz CT molecular complexity index is 878. The van der Waals surface area contributed by atoms with E-state index in [1.165, 1.54) is 29.4 Å². The molecule has 1 aromatic carbocycles. The van der Waals surface area contributed by atoms with Crippen LogP contribution in [0.3, 0.4) is 0 Å². The lowest BCUT2D eigenvalue weighted by molar-refractivity contribution is -0.131. The molecule has 2 aromatic rings. The third kappa shape index (κ3) is 3.10. The lowest BCUT2D eigenvalue weighted by Gasteiger charge is -2.28. The summed E-state index contributed by atoms with van der Waals surface area (Å²) >= 11 is 0. The Balaban J connectivity index is 1.75. The molecule has 27 heavy (non-hydrogen) atoms. The van der Waals surface area contributed by atoms with E-state index in [0.717, 1.165) is 12.8 Å². The number of Topliss-reactive ketones (excluding diaryl/α,β-unsaturated/α-hetero) is 1. The Labute approximate surface area is 155 Å². The molecule has 0 spiro atoms. The van der Waals surface area contributed by atoms with Crippen molar-refractivity contribution >= 4 is 11.7 Å².